The Bertz CT molecular complexity index is 1080. The van der Waals surface area contributed by atoms with E-state index in [0.717, 1.165) is 28.6 Å². The van der Waals surface area contributed by atoms with Crippen molar-refractivity contribution in [1.29, 1.82) is 0 Å². The van der Waals surface area contributed by atoms with Gasteiger partial charge in [-0.25, -0.2) is 4.79 Å². The Labute approximate surface area is 174 Å². The Kier molecular flexibility index (Phi) is 6.01. The van der Waals surface area contributed by atoms with Gasteiger partial charge in [-0.2, -0.15) is 0 Å². The average molecular weight is 413 g/mol. The number of fused-ring (bicyclic) bond motifs is 3. The van der Waals surface area contributed by atoms with Crippen LogP contribution in [0.3, 0.4) is 0 Å². The summed E-state index contributed by atoms with van der Waals surface area (Å²) >= 11 is 1.37. The maximum atomic E-state index is 12.7. The van der Waals surface area contributed by atoms with Crippen LogP contribution in [0.2, 0.25) is 0 Å². The zero-order chi connectivity index (χ0) is 20.4. The van der Waals surface area contributed by atoms with Gasteiger partial charge in [0.1, 0.15) is 5.58 Å². The van der Waals surface area contributed by atoms with Crippen LogP contribution in [0.1, 0.15) is 54.3 Å². The quantitative estimate of drug-likeness (QED) is 0.471. The highest BCUT2D eigenvalue weighted by atomic mass is 32.1. The van der Waals surface area contributed by atoms with Gasteiger partial charge in [-0.1, -0.05) is 25.0 Å². The first-order valence-electron chi connectivity index (χ1n) is 10.6. The van der Waals surface area contributed by atoms with Crippen molar-refractivity contribution < 1.29 is 9.21 Å². The first-order chi connectivity index (χ1) is 14.1. The highest BCUT2D eigenvalue weighted by Gasteiger charge is 2.20. The molecule has 1 N–H and O–H groups in total. The fourth-order valence-electron chi connectivity index (χ4n) is 4.31. The number of thiophene rings is 1. The molecule has 1 aromatic carbocycles. The molecule has 0 bridgehead atoms. The van der Waals surface area contributed by atoms with E-state index in [-0.39, 0.29) is 11.5 Å². The van der Waals surface area contributed by atoms with E-state index >= 15 is 0 Å². The van der Waals surface area contributed by atoms with Gasteiger partial charge in [-0.05, 0) is 57.4 Å². The van der Waals surface area contributed by atoms with Gasteiger partial charge in [-0.15, -0.1) is 11.3 Å². The van der Waals surface area contributed by atoms with E-state index in [9.17, 15) is 9.59 Å². The van der Waals surface area contributed by atoms with Crippen LogP contribution in [0.4, 0.5) is 0 Å². The molecule has 0 saturated carbocycles. The van der Waals surface area contributed by atoms with Crippen LogP contribution < -0.4 is 10.9 Å². The third kappa shape index (κ3) is 4.23. The van der Waals surface area contributed by atoms with Gasteiger partial charge in [0.25, 0.3) is 5.91 Å². The number of hydrogen-bond donors (Lipinski definition) is 1. The van der Waals surface area contributed by atoms with E-state index in [1.165, 1.54) is 43.6 Å². The maximum absolute atomic E-state index is 12.7. The molecule has 3 aromatic rings. The van der Waals surface area contributed by atoms with Crippen LogP contribution in [-0.2, 0) is 0 Å². The van der Waals surface area contributed by atoms with Crippen LogP contribution in [0.25, 0.3) is 21.1 Å². The number of hydrogen-bond acceptors (Lipinski definition) is 5. The highest BCUT2D eigenvalue weighted by molar-refractivity contribution is 7.21. The minimum Gasteiger partial charge on any atom is -0.422 e. The summed E-state index contributed by atoms with van der Waals surface area (Å²) in [6.07, 6.45) is 6.04. The Morgan fingerprint density at radius 2 is 2.14 bits per heavy atom. The molecule has 0 unspecified atom stereocenters. The first-order valence-corrected chi connectivity index (χ1v) is 11.4. The SMILES string of the molecule is CC[C@@H]1CCCCN1CCCNC(=O)c1cc2c(=O)oc3ccc(C)cc3c2s1. The molecule has 6 heteroatoms. The van der Waals surface area contributed by atoms with Gasteiger partial charge >= 0.3 is 5.63 Å². The molecule has 5 nitrogen and oxygen atoms in total. The van der Waals surface area contributed by atoms with E-state index < -0.39 is 0 Å². The Morgan fingerprint density at radius 3 is 2.97 bits per heavy atom. The molecule has 1 aliphatic heterocycles. The van der Waals surface area contributed by atoms with Crippen LogP contribution >= 0.6 is 11.3 Å². The van der Waals surface area contributed by atoms with Gasteiger partial charge in [0.15, 0.2) is 0 Å². The molecule has 4 rings (SSSR count). The number of carbonyl (C=O) groups is 1. The van der Waals surface area contributed by atoms with Gasteiger partial charge in [0, 0.05) is 24.5 Å². The Hall–Kier alpha value is -2.18. The molecule has 1 amide bonds. The number of rotatable bonds is 6. The minimum absolute atomic E-state index is 0.114. The third-order valence-corrected chi connectivity index (χ3v) is 7.05. The van der Waals surface area contributed by atoms with Gasteiger partial charge in [-0.3, -0.25) is 4.79 Å². The largest absolute Gasteiger partial charge is 0.422 e. The molecule has 0 radical (unpaired) electrons. The lowest BCUT2D eigenvalue weighted by molar-refractivity contribution is 0.0951. The second kappa shape index (κ2) is 8.67. The summed E-state index contributed by atoms with van der Waals surface area (Å²) < 4.78 is 6.25. The summed E-state index contributed by atoms with van der Waals surface area (Å²) in [5, 5.41) is 4.40. The average Bonchev–Trinajstić information content (AvgIpc) is 3.18. The number of aryl methyl sites for hydroxylation is 1. The number of amides is 1. The molecule has 1 atom stereocenters. The number of nitrogens with zero attached hydrogens (tertiary/aromatic N) is 1. The summed E-state index contributed by atoms with van der Waals surface area (Å²) in [5.41, 5.74) is 1.27. The molecular weight excluding hydrogens is 384 g/mol. The second-order valence-electron chi connectivity index (χ2n) is 7.95. The number of benzene rings is 1. The van der Waals surface area contributed by atoms with Crippen LogP contribution in [0, 0.1) is 6.92 Å². The van der Waals surface area contributed by atoms with Crippen LogP contribution in [0.15, 0.2) is 33.5 Å². The highest BCUT2D eigenvalue weighted by Crippen LogP contribution is 2.31. The molecule has 1 fully saturated rings. The lowest BCUT2D eigenvalue weighted by Gasteiger charge is -2.35. The predicted molar refractivity (Wildman–Crippen MR) is 119 cm³/mol. The topological polar surface area (TPSA) is 62.6 Å². The summed E-state index contributed by atoms with van der Waals surface area (Å²) in [6.45, 7) is 7.11. The van der Waals surface area contributed by atoms with E-state index in [1.54, 1.807) is 6.07 Å². The second-order valence-corrected chi connectivity index (χ2v) is 9.00. The summed E-state index contributed by atoms with van der Waals surface area (Å²) in [6, 6.07) is 8.10. The van der Waals surface area contributed by atoms with Crippen LogP contribution in [0.5, 0.6) is 0 Å². The van der Waals surface area contributed by atoms with Crippen molar-refractivity contribution >= 4 is 38.3 Å². The van der Waals surface area contributed by atoms with Crippen molar-refractivity contribution in [3.63, 3.8) is 0 Å². The summed E-state index contributed by atoms with van der Waals surface area (Å²) in [7, 11) is 0. The standard InChI is InChI=1S/C23H28N2O3S/c1-3-16-7-4-5-11-25(16)12-6-10-24-22(26)20-14-18-21(29-20)17-13-15(2)8-9-19(17)28-23(18)27/h8-9,13-14,16H,3-7,10-12H2,1-2H3,(H,24,26)/t16-/m1/s1. The van der Waals surface area contributed by atoms with Crippen molar-refractivity contribution in [1.82, 2.24) is 10.2 Å². The lowest BCUT2D eigenvalue weighted by Crippen LogP contribution is -2.40. The number of piperidine rings is 1. The molecule has 3 heterocycles. The summed E-state index contributed by atoms with van der Waals surface area (Å²) in [5.74, 6) is -0.114. The Morgan fingerprint density at radius 1 is 1.28 bits per heavy atom. The van der Waals surface area contributed by atoms with Gasteiger partial charge < -0.3 is 14.6 Å². The van der Waals surface area contributed by atoms with Crippen molar-refractivity contribution in [2.75, 3.05) is 19.6 Å². The molecule has 0 spiro atoms. The molecule has 0 aliphatic carbocycles. The van der Waals surface area contributed by atoms with Crippen LogP contribution in [-0.4, -0.2) is 36.5 Å². The minimum atomic E-state index is -0.387. The zero-order valence-corrected chi connectivity index (χ0v) is 17.9. The van der Waals surface area contributed by atoms with E-state index in [2.05, 4.69) is 17.1 Å². The number of carbonyl (C=O) groups excluding carboxylic acids is 1. The number of likely N-dealkylation sites (tertiary alicyclic amines) is 1. The molecule has 1 aliphatic rings. The zero-order valence-electron chi connectivity index (χ0n) is 17.1. The van der Waals surface area contributed by atoms with E-state index in [0.29, 0.717) is 28.4 Å². The predicted octanol–water partition coefficient (Wildman–Crippen LogP) is 4.70. The van der Waals surface area contributed by atoms with Crippen molar-refractivity contribution in [2.45, 2.75) is 52.0 Å². The molecular formula is C23H28N2O3S. The fraction of sp³-hybridized carbons (Fsp3) is 0.478. The van der Waals surface area contributed by atoms with E-state index in [1.807, 2.05) is 25.1 Å². The molecule has 154 valence electrons. The molecule has 29 heavy (non-hydrogen) atoms. The van der Waals surface area contributed by atoms with Gasteiger partial charge in [0.2, 0.25) is 0 Å². The first kappa shape index (κ1) is 20.1. The summed E-state index contributed by atoms with van der Waals surface area (Å²) in [4.78, 5) is 28.1. The monoisotopic (exact) mass is 412 g/mol. The lowest BCUT2D eigenvalue weighted by atomic mass is 10.00. The number of nitrogens with one attached hydrogen (secondary N) is 1. The maximum Gasteiger partial charge on any atom is 0.345 e. The van der Waals surface area contributed by atoms with Crippen molar-refractivity contribution in [3.8, 4) is 0 Å². The van der Waals surface area contributed by atoms with Gasteiger partial charge in [0.05, 0.1) is 15.0 Å². The van der Waals surface area contributed by atoms with Crippen molar-refractivity contribution in [2.24, 2.45) is 0 Å². The molecule has 2 aromatic heterocycles. The molecule has 1 saturated heterocycles. The van der Waals surface area contributed by atoms with Crippen molar-refractivity contribution in [3.05, 3.63) is 45.1 Å². The fourth-order valence-corrected chi connectivity index (χ4v) is 5.39. The normalized spacial score (nSPS) is 17.8. The third-order valence-electron chi connectivity index (χ3n) is 5.89. The Balaban J connectivity index is 1.43. The van der Waals surface area contributed by atoms with E-state index in [4.69, 9.17) is 4.42 Å². The smallest absolute Gasteiger partial charge is 0.345 e.